The molecule has 21 heavy (non-hydrogen) atoms. The van der Waals surface area contributed by atoms with Crippen molar-refractivity contribution in [3.05, 3.63) is 39.7 Å². The van der Waals surface area contributed by atoms with Crippen molar-refractivity contribution in [3.8, 4) is 5.75 Å². The molecule has 0 radical (unpaired) electrons. The van der Waals surface area contributed by atoms with Crippen LogP contribution >= 0.6 is 0 Å². The SMILES string of the molecule is Cc1cc2oc(=O)cc(CN3CCCCC3C)c2cc1O. The van der Waals surface area contributed by atoms with E-state index in [1.54, 1.807) is 25.1 Å². The van der Waals surface area contributed by atoms with Gasteiger partial charge in [-0.15, -0.1) is 0 Å². The Morgan fingerprint density at radius 3 is 2.90 bits per heavy atom. The highest BCUT2D eigenvalue weighted by atomic mass is 16.4. The van der Waals surface area contributed by atoms with E-state index in [0.29, 0.717) is 17.2 Å². The van der Waals surface area contributed by atoms with Crippen LogP contribution in [0.4, 0.5) is 0 Å². The number of nitrogens with zero attached hydrogens (tertiary/aromatic N) is 1. The third-order valence-electron chi connectivity index (χ3n) is 4.46. The maximum absolute atomic E-state index is 11.8. The van der Waals surface area contributed by atoms with Gasteiger partial charge >= 0.3 is 5.63 Å². The van der Waals surface area contributed by atoms with Crippen LogP contribution in [0.5, 0.6) is 5.75 Å². The van der Waals surface area contributed by atoms with E-state index in [1.807, 2.05) is 0 Å². The summed E-state index contributed by atoms with van der Waals surface area (Å²) in [5.41, 5.74) is 1.88. The van der Waals surface area contributed by atoms with Gasteiger partial charge in [0.05, 0.1) is 0 Å². The molecular weight excluding hydrogens is 266 g/mol. The van der Waals surface area contributed by atoms with E-state index in [4.69, 9.17) is 4.42 Å². The number of likely N-dealkylation sites (tertiary alicyclic amines) is 1. The van der Waals surface area contributed by atoms with Crippen LogP contribution in [0.2, 0.25) is 0 Å². The second kappa shape index (κ2) is 5.53. The molecule has 2 aromatic rings. The van der Waals surface area contributed by atoms with Crippen molar-refractivity contribution >= 4 is 11.0 Å². The summed E-state index contributed by atoms with van der Waals surface area (Å²) in [5.74, 6) is 0.240. The van der Waals surface area contributed by atoms with Crippen LogP contribution in [0.1, 0.15) is 37.3 Å². The van der Waals surface area contributed by atoms with Gasteiger partial charge in [-0.2, -0.15) is 0 Å². The highest BCUT2D eigenvalue weighted by molar-refractivity contribution is 5.82. The zero-order valence-electron chi connectivity index (χ0n) is 12.6. The Balaban J connectivity index is 2.04. The molecule has 1 aliphatic rings. The molecule has 0 saturated carbocycles. The second-order valence-electron chi connectivity index (χ2n) is 6.04. The third-order valence-corrected chi connectivity index (χ3v) is 4.46. The van der Waals surface area contributed by atoms with Gasteiger partial charge < -0.3 is 9.52 Å². The summed E-state index contributed by atoms with van der Waals surface area (Å²) in [6.45, 7) is 5.81. The van der Waals surface area contributed by atoms with E-state index in [-0.39, 0.29) is 11.4 Å². The molecule has 4 heteroatoms. The van der Waals surface area contributed by atoms with Crippen molar-refractivity contribution in [3.63, 3.8) is 0 Å². The van der Waals surface area contributed by atoms with Crippen molar-refractivity contribution < 1.29 is 9.52 Å². The van der Waals surface area contributed by atoms with Crippen molar-refractivity contribution in [1.29, 1.82) is 0 Å². The molecule has 1 N–H and O–H groups in total. The van der Waals surface area contributed by atoms with E-state index in [0.717, 1.165) is 24.0 Å². The highest BCUT2D eigenvalue weighted by Crippen LogP contribution is 2.28. The normalized spacial score (nSPS) is 20.0. The van der Waals surface area contributed by atoms with Gasteiger partial charge in [-0.05, 0) is 56.5 Å². The minimum absolute atomic E-state index is 0.240. The molecule has 0 aliphatic carbocycles. The number of fused-ring (bicyclic) bond motifs is 1. The molecule has 2 heterocycles. The van der Waals surface area contributed by atoms with Crippen LogP contribution in [0.15, 0.2) is 27.4 Å². The lowest BCUT2D eigenvalue weighted by molar-refractivity contribution is 0.153. The quantitative estimate of drug-likeness (QED) is 0.862. The molecule has 1 aromatic heterocycles. The first-order valence-electron chi connectivity index (χ1n) is 7.55. The number of benzene rings is 1. The van der Waals surface area contributed by atoms with Crippen LogP contribution in [0.25, 0.3) is 11.0 Å². The number of piperidine rings is 1. The van der Waals surface area contributed by atoms with Gasteiger partial charge in [-0.3, -0.25) is 4.90 Å². The molecule has 1 unspecified atom stereocenters. The summed E-state index contributed by atoms with van der Waals surface area (Å²) >= 11 is 0. The Hall–Kier alpha value is -1.81. The lowest BCUT2D eigenvalue weighted by atomic mass is 10.0. The number of hydrogen-bond donors (Lipinski definition) is 1. The fraction of sp³-hybridized carbons (Fsp3) is 0.471. The van der Waals surface area contributed by atoms with E-state index in [9.17, 15) is 9.90 Å². The minimum atomic E-state index is -0.327. The molecule has 0 amide bonds. The van der Waals surface area contributed by atoms with Gasteiger partial charge in [0, 0.05) is 24.0 Å². The molecule has 1 aromatic carbocycles. The zero-order valence-corrected chi connectivity index (χ0v) is 12.6. The lowest BCUT2D eigenvalue weighted by Crippen LogP contribution is -2.36. The molecule has 1 fully saturated rings. The van der Waals surface area contributed by atoms with Crippen molar-refractivity contribution in [1.82, 2.24) is 4.90 Å². The van der Waals surface area contributed by atoms with Crippen molar-refractivity contribution in [2.24, 2.45) is 0 Å². The van der Waals surface area contributed by atoms with E-state index >= 15 is 0 Å². The van der Waals surface area contributed by atoms with Gasteiger partial charge in [0.2, 0.25) is 0 Å². The molecule has 3 rings (SSSR count). The van der Waals surface area contributed by atoms with Crippen molar-refractivity contribution in [2.75, 3.05) is 6.54 Å². The Labute approximate surface area is 124 Å². The number of aromatic hydroxyl groups is 1. The largest absolute Gasteiger partial charge is 0.508 e. The zero-order chi connectivity index (χ0) is 15.0. The predicted octanol–water partition coefficient (Wildman–Crippen LogP) is 3.18. The van der Waals surface area contributed by atoms with E-state index in [2.05, 4.69) is 11.8 Å². The molecule has 1 atom stereocenters. The summed E-state index contributed by atoms with van der Waals surface area (Å²) in [6, 6.07) is 5.52. The molecule has 1 aliphatic heterocycles. The van der Waals surface area contributed by atoms with Gasteiger partial charge in [-0.1, -0.05) is 6.42 Å². The van der Waals surface area contributed by atoms with Gasteiger partial charge in [0.1, 0.15) is 11.3 Å². The fourth-order valence-electron chi connectivity index (χ4n) is 3.11. The molecule has 112 valence electrons. The average molecular weight is 287 g/mol. The smallest absolute Gasteiger partial charge is 0.336 e. The number of rotatable bonds is 2. The van der Waals surface area contributed by atoms with Gasteiger partial charge in [-0.25, -0.2) is 4.79 Å². The number of hydrogen-bond acceptors (Lipinski definition) is 4. The molecule has 0 spiro atoms. The first-order chi connectivity index (χ1) is 10.0. The second-order valence-corrected chi connectivity index (χ2v) is 6.04. The Morgan fingerprint density at radius 2 is 2.14 bits per heavy atom. The maximum atomic E-state index is 11.8. The number of phenols is 1. The first kappa shape index (κ1) is 14.1. The van der Waals surface area contributed by atoms with E-state index < -0.39 is 0 Å². The monoisotopic (exact) mass is 287 g/mol. The number of aryl methyl sites for hydroxylation is 1. The van der Waals surface area contributed by atoms with E-state index in [1.165, 1.54) is 19.3 Å². The van der Waals surface area contributed by atoms with Gasteiger partial charge in [0.25, 0.3) is 0 Å². The Bertz CT molecular complexity index is 720. The molecule has 0 bridgehead atoms. The summed E-state index contributed by atoms with van der Waals surface area (Å²) < 4.78 is 5.27. The van der Waals surface area contributed by atoms with Crippen LogP contribution in [-0.2, 0) is 6.54 Å². The van der Waals surface area contributed by atoms with Crippen molar-refractivity contribution in [2.45, 2.75) is 45.7 Å². The van der Waals surface area contributed by atoms with Crippen LogP contribution in [0.3, 0.4) is 0 Å². The summed E-state index contributed by atoms with van der Waals surface area (Å²) in [5, 5.41) is 10.8. The van der Waals surface area contributed by atoms with Gasteiger partial charge in [0.15, 0.2) is 0 Å². The highest BCUT2D eigenvalue weighted by Gasteiger charge is 2.20. The molecule has 1 saturated heterocycles. The Morgan fingerprint density at radius 1 is 1.33 bits per heavy atom. The fourth-order valence-corrected chi connectivity index (χ4v) is 3.11. The molecule has 4 nitrogen and oxygen atoms in total. The third kappa shape index (κ3) is 2.81. The van der Waals surface area contributed by atoms with Crippen LogP contribution in [-0.4, -0.2) is 22.6 Å². The maximum Gasteiger partial charge on any atom is 0.336 e. The van der Waals surface area contributed by atoms with Crippen LogP contribution in [0, 0.1) is 6.92 Å². The summed E-state index contributed by atoms with van der Waals surface area (Å²) in [7, 11) is 0. The summed E-state index contributed by atoms with van der Waals surface area (Å²) in [6.07, 6.45) is 3.67. The average Bonchev–Trinajstić information content (AvgIpc) is 2.43. The lowest BCUT2D eigenvalue weighted by Gasteiger charge is -2.33. The number of phenolic OH excluding ortho intramolecular Hbond substituents is 1. The summed E-state index contributed by atoms with van der Waals surface area (Å²) in [4.78, 5) is 14.2. The topological polar surface area (TPSA) is 53.7 Å². The Kier molecular flexibility index (Phi) is 3.72. The first-order valence-corrected chi connectivity index (χ1v) is 7.55. The van der Waals surface area contributed by atoms with Crippen LogP contribution < -0.4 is 5.63 Å². The molecular formula is C17H21NO3. The standard InChI is InChI=1S/C17H21NO3/c1-11-7-16-14(9-15(11)19)13(8-17(20)21-16)10-18-6-4-3-5-12(18)2/h7-9,12,19H,3-6,10H2,1-2H3. The minimum Gasteiger partial charge on any atom is -0.508 e. The predicted molar refractivity (Wildman–Crippen MR) is 82.6 cm³/mol.